The van der Waals surface area contributed by atoms with Crippen LogP contribution in [0.3, 0.4) is 0 Å². The maximum Gasteiger partial charge on any atom is 0.347 e. The van der Waals surface area contributed by atoms with Gasteiger partial charge in [-0.3, -0.25) is 0 Å². The van der Waals surface area contributed by atoms with Gasteiger partial charge in [-0.15, -0.1) is 0 Å². The van der Waals surface area contributed by atoms with Gasteiger partial charge in [0.25, 0.3) is 0 Å². The van der Waals surface area contributed by atoms with E-state index >= 15 is 0 Å². The highest BCUT2D eigenvalue weighted by Crippen LogP contribution is 2.56. The maximum atomic E-state index is 12.3. The van der Waals surface area contributed by atoms with Crippen LogP contribution in [-0.4, -0.2) is 13.9 Å². The molecule has 4 rings (SSSR count). The third-order valence-corrected chi connectivity index (χ3v) is 5.48. The third-order valence-electron chi connectivity index (χ3n) is 5.48. The Balaban J connectivity index is 2.03. The van der Waals surface area contributed by atoms with E-state index < -0.39 is 0 Å². The van der Waals surface area contributed by atoms with Gasteiger partial charge >= 0.3 is 11.4 Å². The van der Waals surface area contributed by atoms with Crippen LogP contribution < -0.4 is 11.4 Å². The molecule has 5 nitrogen and oxygen atoms in total. The molecule has 2 heterocycles. The van der Waals surface area contributed by atoms with Crippen LogP contribution >= 0.6 is 0 Å². The molecule has 3 aliphatic rings. The minimum Gasteiger partial charge on any atom is -0.246 e. The Hall–Kier alpha value is -1.52. The van der Waals surface area contributed by atoms with Gasteiger partial charge in [0.15, 0.2) is 0 Å². The summed E-state index contributed by atoms with van der Waals surface area (Å²) in [5.74, 6) is 1.29. The van der Waals surface area contributed by atoms with E-state index in [9.17, 15) is 9.59 Å². The van der Waals surface area contributed by atoms with Crippen molar-refractivity contribution in [2.45, 2.75) is 45.2 Å². The highest BCUT2D eigenvalue weighted by Gasteiger charge is 2.47. The van der Waals surface area contributed by atoms with Crippen molar-refractivity contribution >= 4 is 0 Å². The maximum absolute atomic E-state index is 12.3. The largest absolute Gasteiger partial charge is 0.347 e. The fourth-order valence-electron chi connectivity index (χ4n) is 4.72. The van der Waals surface area contributed by atoms with Crippen LogP contribution in [0.1, 0.15) is 45.2 Å². The molecule has 0 radical (unpaired) electrons. The second kappa shape index (κ2) is 3.32. The van der Waals surface area contributed by atoms with E-state index in [1.165, 1.54) is 35.0 Å². The lowest BCUT2D eigenvalue weighted by Crippen LogP contribution is -2.38. The van der Waals surface area contributed by atoms with Gasteiger partial charge in [-0.2, -0.15) is 0 Å². The van der Waals surface area contributed by atoms with Crippen LogP contribution in [0.2, 0.25) is 0 Å². The predicted molar refractivity (Wildman–Crippen MR) is 71.2 cm³/mol. The molecule has 0 spiro atoms. The Morgan fingerprint density at radius 1 is 0.895 bits per heavy atom. The molecule has 5 heteroatoms. The molecular weight excluding hydrogens is 242 g/mol. The van der Waals surface area contributed by atoms with Crippen molar-refractivity contribution in [3.05, 3.63) is 32.1 Å². The van der Waals surface area contributed by atoms with Gasteiger partial charge in [0.2, 0.25) is 0 Å². The highest BCUT2D eigenvalue weighted by molar-refractivity contribution is 5.36. The summed E-state index contributed by atoms with van der Waals surface area (Å²) in [5.41, 5.74) is 2.55. The van der Waals surface area contributed by atoms with Crippen molar-refractivity contribution in [3.63, 3.8) is 0 Å². The van der Waals surface area contributed by atoms with Crippen LogP contribution in [0.5, 0.6) is 0 Å². The Bertz CT molecular complexity index is 661. The van der Waals surface area contributed by atoms with Gasteiger partial charge in [0.1, 0.15) is 0 Å². The number of hydrogen-bond acceptors (Lipinski definition) is 2. The van der Waals surface area contributed by atoms with E-state index in [0.29, 0.717) is 11.8 Å². The first-order chi connectivity index (χ1) is 9.02. The fourth-order valence-corrected chi connectivity index (χ4v) is 4.72. The number of nitrogens with zero attached hydrogens (tertiary/aromatic N) is 3. The van der Waals surface area contributed by atoms with E-state index in [1.807, 2.05) is 0 Å². The van der Waals surface area contributed by atoms with E-state index in [4.69, 9.17) is 0 Å². The van der Waals surface area contributed by atoms with Crippen molar-refractivity contribution in [2.75, 3.05) is 0 Å². The van der Waals surface area contributed by atoms with Crippen molar-refractivity contribution in [1.29, 1.82) is 0 Å². The van der Waals surface area contributed by atoms with Gasteiger partial charge in [-0.1, -0.05) is 0 Å². The van der Waals surface area contributed by atoms with E-state index in [2.05, 4.69) is 13.8 Å². The first-order valence-corrected chi connectivity index (χ1v) is 7.16. The van der Waals surface area contributed by atoms with Gasteiger partial charge in [-0.25, -0.2) is 23.5 Å². The topological polar surface area (TPSA) is 48.9 Å². The molecule has 4 atom stereocenters. The molecule has 0 amide bonds. The Morgan fingerprint density at radius 3 is 1.74 bits per heavy atom. The number of fused-ring (bicyclic) bond motifs is 5. The van der Waals surface area contributed by atoms with E-state index in [0.717, 1.165) is 0 Å². The van der Waals surface area contributed by atoms with E-state index in [-0.39, 0.29) is 23.5 Å². The smallest absolute Gasteiger partial charge is 0.246 e. The Kier molecular flexibility index (Phi) is 1.98. The molecule has 2 bridgehead atoms. The highest BCUT2D eigenvalue weighted by atomic mass is 16.2. The van der Waals surface area contributed by atoms with Crippen molar-refractivity contribution in [3.8, 4) is 0 Å². The minimum absolute atomic E-state index is 0.0444. The van der Waals surface area contributed by atoms with Gasteiger partial charge in [0, 0.05) is 7.05 Å². The van der Waals surface area contributed by atoms with Crippen molar-refractivity contribution in [2.24, 2.45) is 18.9 Å². The normalized spacial score (nSPS) is 35.7. The summed E-state index contributed by atoms with van der Waals surface area (Å²) < 4.78 is 4.58. The molecule has 2 aliphatic carbocycles. The first-order valence-electron chi connectivity index (χ1n) is 7.16. The third kappa shape index (κ3) is 1.12. The molecule has 0 N–H and O–H groups in total. The molecule has 1 aromatic rings. The van der Waals surface area contributed by atoms with Gasteiger partial charge < -0.3 is 0 Å². The quantitative estimate of drug-likeness (QED) is 0.659. The van der Waals surface area contributed by atoms with Gasteiger partial charge in [-0.05, 0) is 56.1 Å². The average Bonchev–Trinajstić information content (AvgIpc) is 3.05. The zero-order valence-electron chi connectivity index (χ0n) is 11.6. The molecule has 102 valence electrons. The molecular formula is C14H19N3O2. The molecule has 19 heavy (non-hydrogen) atoms. The second-order valence-electron chi connectivity index (χ2n) is 6.28. The molecule has 1 aromatic heterocycles. The molecule has 1 aliphatic heterocycles. The lowest BCUT2D eigenvalue weighted by atomic mass is 9.83. The van der Waals surface area contributed by atoms with Crippen molar-refractivity contribution in [1.82, 2.24) is 13.9 Å². The summed E-state index contributed by atoms with van der Waals surface area (Å²) in [6.07, 6.45) is 3.75. The number of aromatic nitrogens is 3. The Morgan fingerprint density at radius 2 is 1.32 bits per heavy atom. The van der Waals surface area contributed by atoms with Gasteiger partial charge in [0.05, 0.1) is 12.1 Å². The molecule has 0 saturated heterocycles. The Labute approximate surface area is 111 Å². The van der Waals surface area contributed by atoms with Crippen LogP contribution in [0.15, 0.2) is 20.7 Å². The lowest BCUT2D eigenvalue weighted by Gasteiger charge is -2.35. The number of hydrogen-bond donors (Lipinski definition) is 0. The predicted octanol–water partition coefficient (Wildman–Crippen LogP) is 1.21. The summed E-state index contributed by atoms with van der Waals surface area (Å²) in [7, 11) is 1.57. The lowest BCUT2D eigenvalue weighted by molar-refractivity contribution is 0.317. The monoisotopic (exact) mass is 261 g/mol. The van der Waals surface area contributed by atoms with Crippen LogP contribution in [0, 0.1) is 11.8 Å². The summed E-state index contributed by atoms with van der Waals surface area (Å²) in [4.78, 5) is 24.5. The summed E-state index contributed by atoms with van der Waals surface area (Å²) >= 11 is 0. The second-order valence-corrected chi connectivity index (χ2v) is 6.28. The zero-order chi connectivity index (χ0) is 13.5. The SMILES string of the molecule is C[C@@H]1C2=C([C@@H]3CC[C@@H]2C3)[C@@H](C)n2c(=O)n(C)c(=O)n21. The average molecular weight is 261 g/mol. The van der Waals surface area contributed by atoms with Crippen LogP contribution in [0.25, 0.3) is 0 Å². The molecule has 0 unspecified atom stereocenters. The van der Waals surface area contributed by atoms with Crippen LogP contribution in [0.4, 0.5) is 0 Å². The number of allylic oxidation sites excluding steroid dienone is 2. The number of rotatable bonds is 0. The first kappa shape index (κ1) is 11.3. The minimum atomic E-state index is -0.182. The fraction of sp³-hybridized carbons (Fsp3) is 0.714. The molecule has 1 fully saturated rings. The summed E-state index contributed by atoms with van der Waals surface area (Å²) in [5, 5.41) is 0. The summed E-state index contributed by atoms with van der Waals surface area (Å²) in [6, 6.07) is 0.0887. The zero-order valence-corrected chi connectivity index (χ0v) is 11.6. The summed E-state index contributed by atoms with van der Waals surface area (Å²) in [6.45, 7) is 4.14. The molecule has 1 saturated carbocycles. The van der Waals surface area contributed by atoms with Crippen molar-refractivity contribution < 1.29 is 0 Å². The van der Waals surface area contributed by atoms with E-state index in [1.54, 1.807) is 16.4 Å². The van der Waals surface area contributed by atoms with Crippen LogP contribution in [-0.2, 0) is 7.05 Å². The standard InChI is InChI=1S/C14H19N3O2/c1-7-11-9-4-5-10(6-9)12(11)8(2)17-14(19)15(3)13(18)16(7)17/h7-10H,4-6H2,1-3H3/t7-,8-,9-,10-/m1/s1. The molecule has 0 aromatic carbocycles.